The van der Waals surface area contributed by atoms with Gasteiger partial charge in [0.2, 0.25) is 0 Å². The van der Waals surface area contributed by atoms with Gasteiger partial charge >= 0.3 is 0 Å². The molecule has 0 fully saturated rings. The fraction of sp³-hybridized carbons (Fsp3) is 0.438. The van der Waals surface area contributed by atoms with Gasteiger partial charge in [-0.3, -0.25) is 0 Å². The number of nitrogens with one attached hydrogen (secondary N) is 1. The molecule has 0 spiro atoms. The van der Waals surface area contributed by atoms with Crippen molar-refractivity contribution in [1.29, 1.82) is 0 Å². The Labute approximate surface area is 124 Å². The van der Waals surface area contributed by atoms with Crippen molar-refractivity contribution in [3.8, 4) is 10.6 Å². The third-order valence-electron chi connectivity index (χ3n) is 3.14. The average molecular weight is 292 g/mol. The molecule has 2 rings (SSSR count). The number of hydrogen-bond acceptors (Lipinski definition) is 3. The summed E-state index contributed by atoms with van der Waals surface area (Å²) in [6.07, 6.45) is 0.980. The quantitative estimate of drug-likeness (QED) is 0.894. The van der Waals surface area contributed by atoms with Crippen molar-refractivity contribution >= 4 is 11.3 Å². The Bertz CT molecular complexity index is 590. The van der Waals surface area contributed by atoms with Crippen LogP contribution in [0.5, 0.6) is 0 Å². The first-order chi connectivity index (χ1) is 9.51. The van der Waals surface area contributed by atoms with E-state index in [0.717, 1.165) is 34.8 Å². The summed E-state index contributed by atoms with van der Waals surface area (Å²) < 4.78 is 13.2. The minimum Gasteiger partial charge on any atom is -0.315 e. The topological polar surface area (TPSA) is 24.9 Å². The Morgan fingerprint density at radius 3 is 2.70 bits per heavy atom. The normalized spacial score (nSPS) is 11.3. The van der Waals surface area contributed by atoms with E-state index in [4.69, 9.17) is 4.98 Å². The zero-order valence-corrected chi connectivity index (χ0v) is 13.3. The van der Waals surface area contributed by atoms with Crippen molar-refractivity contribution in [2.24, 2.45) is 5.92 Å². The minimum atomic E-state index is -0.194. The minimum absolute atomic E-state index is 0.194. The first-order valence-corrected chi connectivity index (χ1v) is 7.72. The summed E-state index contributed by atoms with van der Waals surface area (Å²) in [7, 11) is 1.95. The first kappa shape index (κ1) is 15.1. The molecule has 0 atom stereocenters. The van der Waals surface area contributed by atoms with Gasteiger partial charge in [-0.05, 0) is 50.1 Å². The van der Waals surface area contributed by atoms with Crippen LogP contribution in [0, 0.1) is 18.7 Å². The number of nitrogens with zero attached hydrogens (tertiary/aromatic N) is 1. The van der Waals surface area contributed by atoms with E-state index in [0.29, 0.717) is 5.92 Å². The lowest BCUT2D eigenvalue weighted by Gasteiger charge is -2.04. The fourth-order valence-corrected chi connectivity index (χ4v) is 3.40. The first-order valence-electron chi connectivity index (χ1n) is 6.91. The molecule has 0 amide bonds. The lowest BCUT2D eigenvalue weighted by atomic mass is 10.1. The van der Waals surface area contributed by atoms with Gasteiger partial charge in [-0.25, -0.2) is 9.37 Å². The maximum absolute atomic E-state index is 13.2. The number of rotatable bonds is 5. The number of hydrogen-bond donors (Lipinski definition) is 1. The molecule has 0 aliphatic carbocycles. The molecule has 108 valence electrons. The predicted molar refractivity (Wildman–Crippen MR) is 83.6 cm³/mol. The smallest absolute Gasteiger partial charge is 0.124 e. The Kier molecular flexibility index (Phi) is 4.89. The van der Waals surface area contributed by atoms with Crippen molar-refractivity contribution in [3.05, 3.63) is 40.2 Å². The van der Waals surface area contributed by atoms with Crippen LogP contribution in [-0.2, 0) is 13.0 Å². The highest BCUT2D eigenvalue weighted by Gasteiger charge is 2.14. The van der Waals surface area contributed by atoms with Crippen LogP contribution >= 0.6 is 11.3 Å². The highest BCUT2D eigenvalue weighted by Crippen LogP contribution is 2.31. The number of halogens is 1. The molecule has 1 N–H and O–H groups in total. The van der Waals surface area contributed by atoms with E-state index in [9.17, 15) is 4.39 Å². The van der Waals surface area contributed by atoms with E-state index >= 15 is 0 Å². The molecular formula is C16H21FN2S. The van der Waals surface area contributed by atoms with E-state index in [1.165, 1.54) is 10.9 Å². The molecule has 0 saturated carbocycles. The van der Waals surface area contributed by atoms with Crippen molar-refractivity contribution < 1.29 is 4.39 Å². The fourth-order valence-electron chi connectivity index (χ4n) is 2.21. The van der Waals surface area contributed by atoms with E-state index < -0.39 is 0 Å². The highest BCUT2D eigenvalue weighted by atomic mass is 32.1. The summed E-state index contributed by atoms with van der Waals surface area (Å²) in [6, 6.07) is 4.89. The summed E-state index contributed by atoms with van der Waals surface area (Å²) >= 11 is 1.70. The molecule has 0 aliphatic rings. The molecule has 1 aromatic heterocycles. The van der Waals surface area contributed by atoms with Crippen molar-refractivity contribution in [3.63, 3.8) is 0 Å². The van der Waals surface area contributed by atoms with E-state index in [2.05, 4.69) is 19.2 Å². The van der Waals surface area contributed by atoms with Crippen LogP contribution in [-0.4, -0.2) is 12.0 Å². The van der Waals surface area contributed by atoms with Crippen LogP contribution in [0.3, 0.4) is 0 Å². The Hall–Kier alpha value is -1.26. The Morgan fingerprint density at radius 1 is 1.35 bits per heavy atom. The lowest BCUT2D eigenvalue weighted by molar-refractivity contribution is 0.627. The second-order valence-corrected chi connectivity index (χ2v) is 6.56. The number of thiazole rings is 1. The Morgan fingerprint density at radius 2 is 2.10 bits per heavy atom. The number of aromatic nitrogens is 1. The van der Waals surface area contributed by atoms with Gasteiger partial charge in [0.15, 0.2) is 0 Å². The summed E-state index contributed by atoms with van der Waals surface area (Å²) in [5.41, 5.74) is 3.13. The van der Waals surface area contributed by atoms with E-state index in [1.54, 1.807) is 17.4 Å². The Balaban J connectivity index is 2.41. The maximum atomic E-state index is 13.2. The molecule has 20 heavy (non-hydrogen) atoms. The number of benzene rings is 1. The van der Waals surface area contributed by atoms with Gasteiger partial charge in [-0.1, -0.05) is 13.8 Å². The monoisotopic (exact) mass is 292 g/mol. The second kappa shape index (κ2) is 6.46. The molecule has 0 radical (unpaired) electrons. The zero-order chi connectivity index (χ0) is 14.7. The summed E-state index contributed by atoms with van der Waals surface area (Å²) in [4.78, 5) is 6.06. The third-order valence-corrected chi connectivity index (χ3v) is 4.27. The SMILES string of the molecule is CNCc1sc(-c2ccc(F)cc2C)nc1CC(C)C. The lowest BCUT2D eigenvalue weighted by Crippen LogP contribution is -2.07. The standard InChI is InChI=1S/C16H21FN2S/c1-10(2)7-14-15(9-18-4)20-16(19-14)13-6-5-12(17)8-11(13)3/h5-6,8,10,18H,7,9H2,1-4H3. The maximum Gasteiger partial charge on any atom is 0.124 e. The molecular weight excluding hydrogens is 271 g/mol. The van der Waals surface area contributed by atoms with Crippen LogP contribution < -0.4 is 5.32 Å². The zero-order valence-electron chi connectivity index (χ0n) is 12.5. The van der Waals surface area contributed by atoms with Crippen LogP contribution in [0.4, 0.5) is 4.39 Å². The molecule has 2 aromatic rings. The molecule has 0 aliphatic heterocycles. The van der Waals surface area contributed by atoms with Crippen molar-refractivity contribution in [1.82, 2.24) is 10.3 Å². The summed E-state index contributed by atoms with van der Waals surface area (Å²) in [5.74, 6) is 0.385. The van der Waals surface area contributed by atoms with Crippen LogP contribution in [0.2, 0.25) is 0 Å². The molecule has 1 aromatic carbocycles. The highest BCUT2D eigenvalue weighted by molar-refractivity contribution is 7.15. The van der Waals surface area contributed by atoms with Gasteiger partial charge < -0.3 is 5.32 Å². The van der Waals surface area contributed by atoms with Crippen LogP contribution in [0.1, 0.15) is 30.0 Å². The van der Waals surface area contributed by atoms with Gasteiger partial charge in [0.1, 0.15) is 10.8 Å². The van der Waals surface area contributed by atoms with Gasteiger partial charge in [-0.2, -0.15) is 0 Å². The predicted octanol–water partition coefficient (Wildman–Crippen LogP) is 4.18. The summed E-state index contributed by atoms with van der Waals surface area (Å²) in [6.45, 7) is 7.16. The summed E-state index contributed by atoms with van der Waals surface area (Å²) in [5, 5.41) is 4.19. The second-order valence-electron chi connectivity index (χ2n) is 5.48. The molecule has 0 unspecified atom stereocenters. The van der Waals surface area contributed by atoms with Gasteiger partial charge in [0, 0.05) is 17.0 Å². The largest absolute Gasteiger partial charge is 0.315 e. The van der Waals surface area contributed by atoms with Crippen LogP contribution in [0.25, 0.3) is 10.6 Å². The van der Waals surface area contributed by atoms with Gasteiger partial charge in [0.05, 0.1) is 5.69 Å². The van der Waals surface area contributed by atoms with E-state index in [1.807, 2.05) is 20.0 Å². The van der Waals surface area contributed by atoms with Gasteiger partial charge in [-0.15, -0.1) is 11.3 Å². The third kappa shape index (κ3) is 3.44. The average Bonchev–Trinajstić information content (AvgIpc) is 2.72. The van der Waals surface area contributed by atoms with Gasteiger partial charge in [0.25, 0.3) is 0 Å². The molecule has 0 bridgehead atoms. The van der Waals surface area contributed by atoms with Crippen LogP contribution in [0.15, 0.2) is 18.2 Å². The molecule has 1 heterocycles. The molecule has 2 nitrogen and oxygen atoms in total. The van der Waals surface area contributed by atoms with Crippen molar-refractivity contribution in [2.45, 2.75) is 33.7 Å². The number of aryl methyl sites for hydroxylation is 1. The van der Waals surface area contributed by atoms with Crippen molar-refractivity contribution in [2.75, 3.05) is 7.05 Å². The van der Waals surface area contributed by atoms with E-state index in [-0.39, 0.29) is 5.82 Å². The molecule has 4 heteroatoms. The molecule has 0 saturated heterocycles.